The molecule has 0 spiro atoms. The topological polar surface area (TPSA) is 63.9 Å². The van der Waals surface area contributed by atoms with Crippen LogP contribution in [-0.2, 0) is 18.3 Å². The molecule has 1 aliphatic rings. The molecule has 0 radical (unpaired) electrons. The van der Waals surface area contributed by atoms with Gasteiger partial charge in [0.15, 0.2) is 0 Å². The number of hydrogen-bond donors (Lipinski definition) is 0. The SMILES string of the molecule is Cn1nnnc1SCCC(=O)N1CCCCC1Cc1ccccc1. The average Bonchev–Trinajstić information content (AvgIpc) is 3.01. The molecule has 1 unspecified atom stereocenters. The van der Waals surface area contributed by atoms with Crippen molar-refractivity contribution in [1.29, 1.82) is 0 Å². The van der Waals surface area contributed by atoms with Crippen molar-refractivity contribution in [2.24, 2.45) is 7.05 Å². The van der Waals surface area contributed by atoms with Crippen molar-refractivity contribution in [1.82, 2.24) is 25.1 Å². The van der Waals surface area contributed by atoms with Gasteiger partial charge in [0.2, 0.25) is 11.1 Å². The summed E-state index contributed by atoms with van der Waals surface area (Å²) in [5.74, 6) is 0.958. The average molecular weight is 345 g/mol. The van der Waals surface area contributed by atoms with Gasteiger partial charge >= 0.3 is 0 Å². The molecule has 1 aromatic carbocycles. The van der Waals surface area contributed by atoms with Crippen LogP contribution in [0.15, 0.2) is 35.5 Å². The normalized spacial score (nSPS) is 17.9. The predicted octanol–water partition coefficient (Wildman–Crippen LogP) is 2.32. The summed E-state index contributed by atoms with van der Waals surface area (Å²) >= 11 is 1.53. The van der Waals surface area contributed by atoms with Crippen LogP contribution < -0.4 is 0 Å². The minimum Gasteiger partial charge on any atom is -0.339 e. The third-order valence-corrected chi connectivity index (χ3v) is 5.40. The number of tetrazole rings is 1. The maximum atomic E-state index is 12.7. The van der Waals surface area contributed by atoms with Crippen LogP contribution >= 0.6 is 11.8 Å². The Morgan fingerprint density at radius 1 is 1.29 bits per heavy atom. The van der Waals surface area contributed by atoms with E-state index in [4.69, 9.17) is 0 Å². The lowest BCUT2D eigenvalue weighted by Crippen LogP contribution is -2.45. The van der Waals surface area contributed by atoms with Gasteiger partial charge in [-0.1, -0.05) is 42.1 Å². The molecule has 1 saturated heterocycles. The highest BCUT2D eigenvalue weighted by Gasteiger charge is 2.26. The number of aryl methyl sites for hydroxylation is 1. The Morgan fingerprint density at radius 3 is 2.88 bits per heavy atom. The molecule has 0 bridgehead atoms. The smallest absolute Gasteiger partial charge is 0.223 e. The number of hydrogen-bond acceptors (Lipinski definition) is 5. The van der Waals surface area contributed by atoms with E-state index >= 15 is 0 Å². The van der Waals surface area contributed by atoms with E-state index in [2.05, 4.69) is 44.7 Å². The molecule has 2 heterocycles. The Kier molecular flexibility index (Phi) is 5.85. The standard InChI is InChI=1S/C17H23N5OS/c1-21-17(18-19-20-21)24-12-10-16(23)22-11-6-5-9-15(22)13-14-7-3-2-4-8-14/h2-4,7-8,15H,5-6,9-13H2,1H3. The Labute approximate surface area is 146 Å². The Hall–Kier alpha value is -1.89. The van der Waals surface area contributed by atoms with Crippen molar-refractivity contribution in [2.75, 3.05) is 12.3 Å². The van der Waals surface area contributed by atoms with Crippen molar-refractivity contribution in [2.45, 2.75) is 43.3 Å². The number of piperidine rings is 1. The van der Waals surface area contributed by atoms with Gasteiger partial charge in [-0.25, -0.2) is 4.68 Å². The van der Waals surface area contributed by atoms with Crippen LogP contribution in [-0.4, -0.2) is 49.4 Å². The van der Waals surface area contributed by atoms with E-state index in [1.54, 1.807) is 4.68 Å². The van der Waals surface area contributed by atoms with Gasteiger partial charge in [0, 0.05) is 31.8 Å². The molecule has 6 nitrogen and oxygen atoms in total. The summed E-state index contributed by atoms with van der Waals surface area (Å²) in [6.45, 7) is 0.881. The van der Waals surface area contributed by atoms with Gasteiger partial charge in [-0.05, 0) is 41.7 Å². The number of thioether (sulfide) groups is 1. The molecule has 7 heteroatoms. The fraction of sp³-hybridized carbons (Fsp3) is 0.529. The number of rotatable bonds is 6. The van der Waals surface area contributed by atoms with E-state index in [0.717, 1.165) is 31.0 Å². The summed E-state index contributed by atoms with van der Waals surface area (Å²) in [6, 6.07) is 10.8. The summed E-state index contributed by atoms with van der Waals surface area (Å²) in [4.78, 5) is 14.8. The van der Waals surface area contributed by atoms with Crippen LogP contribution in [0.3, 0.4) is 0 Å². The number of carbonyl (C=O) groups excluding carboxylic acids is 1. The third-order valence-electron chi connectivity index (χ3n) is 4.39. The zero-order valence-electron chi connectivity index (χ0n) is 14.0. The third kappa shape index (κ3) is 4.35. The van der Waals surface area contributed by atoms with Gasteiger partial charge in [-0.3, -0.25) is 4.79 Å². The first-order valence-electron chi connectivity index (χ1n) is 8.42. The van der Waals surface area contributed by atoms with Gasteiger partial charge in [0.1, 0.15) is 0 Å². The molecule has 0 saturated carbocycles. The van der Waals surface area contributed by atoms with E-state index < -0.39 is 0 Å². The summed E-state index contributed by atoms with van der Waals surface area (Å²) < 4.78 is 1.63. The zero-order chi connectivity index (χ0) is 16.8. The maximum Gasteiger partial charge on any atom is 0.223 e. The Morgan fingerprint density at radius 2 is 2.12 bits per heavy atom. The second kappa shape index (κ2) is 8.28. The molecule has 1 aliphatic heterocycles. The minimum atomic E-state index is 0.248. The first-order chi connectivity index (χ1) is 11.7. The molecule has 1 atom stereocenters. The van der Waals surface area contributed by atoms with Crippen molar-refractivity contribution in [3.05, 3.63) is 35.9 Å². The monoisotopic (exact) mass is 345 g/mol. The van der Waals surface area contributed by atoms with Crippen LogP contribution in [0.5, 0.6) is 0 Å². The van der Waals surface area contributed by atoms with Crippen LogP contribution in [0, 0.1) is 0 Å². The number of aromatic nitrogens is 4. The number of amides is 1. The molecular weight excluding hydrogens is 322 g/mol. The number of likely N-dealkylation sites (tertiary alicyclic amines) is 1. The summed E-state index contributed by atoms with van der Waals surface area (Å²) in [7, 11) is 1.81. The molecule has 0 N–H and O–H groups in total. The van der Waals surface area contributed by atoms with Gasteiger partial charge in [0.05, 0.1) is 0 Å². The van der Waals surface area contributed by atoms with Gasteiger partial charge in [-0.15, -0.1) is 5.10 Å². The van der Waals surface area contributed by atoms with Crippen molar-refractivity contribution >= 4 is 17.7 Å². The second-order valence-corrected chi connectivity index (χ2v) is 7.17. The lowest BCUT2D eigenvalue weighted by Gasteiger charge is -2.36. The molecule has 1 aromatic heterocycles. The molecule has 0 aliphatic carbocycles. The number of carbonyl (C=O) groups is 1. The van der Waals surface area contributed by atoms with E-state index in [-0.39, 0.29) is 5.91 Å². The minimum absolute atomic E-state index is 0.248. The molecule has 24 heavy (non-hydrogen) atoms. The second-order valence-electron chi connectivity index (χ2n) is 6.11. The predicted molar refractivity (Wildman–Crippen MR) is 93.6 cm³/mol. The molecule has 1 fully saturated rings. The van der Waals surface area contributed by atoms with Gasteiger partial charge in [0.25, 0.3) is 0 Å². The lowest BCUT2D eigenvalue weighted by atomic mass is 9.95. The summed E-state index contributed by atoms with van der Waals surface area (Å²) in [6.07, 6.45) is 4.90. The first kappa shape index (κ1) is 17.0. The largest absolute Gasteiger partial charge is 0.339 e. The van der Waals surface area contributed by atoms with Crippen molar-refractivity contribution in [3.8, 4) is 0 Å². The molecule has 1 amide bonds. The molecule has 128 valence electrons. The Balaban J connectivity index is 1.54. The zero-order valence-corrected chi connectivity index (χ0v) is 14.8. The number of nitrogens with zero attached hydrogens (tertiary/aromatic N) is 5. The van der Waals surface area contributed by atoms with Crippen LogP contribution in [0.25, 0.3) is 0 Å². The van der Waals surface area contributed by atoms with Crippen LogP contribution in [0.2, 0.25) is 0 Å². The van der Waals surface area contributed by atoms with Gasteiger partial charge < -0.3 is 4.90 Å². The molecule has 3 rings (SSSR count). The first-order valence-corrected chi connectivity index (χ1v) is 9.41. The fourth-order valence-corrected chi connectivity index (χ4v) is 3.92. The Bertz CT molecular complexity index is 660. The molecule has 2 aromatic rings. The van der Waals surface area contributed by atoms with Gasteiger partial charge in [-0.2, -0.15) is 0 Å². The van der Waals surface area contributed by atoms with E-state index in [0.29, 0.717) is 18.2 Å². The highest BCUT2D eigenvalue weighted by molar-refractivity contribution is 7.99. The molecular formula is C17H23N5OS. The fourth-order valence-electron chi connectivity index (χ4n) is 3.14. The summed E-state index contributed by atoms with van der Waals surface area (Å²) in [5.41, 5.74) is 1.31. The van der Waals surface area contributed by atoms with Crippen molar-refractivity contribution in [3.63, 3.8) is 0 Å². The highest BCUT2D eigenvalue weighted by Crippen LogP contribution is 2.22. The quantitative estimate of drug-likeness (QED) is 0.752. The highest BCUT2D eigenvalue weighted by atomic mass is 32.2. The number of benzene rings is 1. The maximum absolute atomic E-state index is 12.7. The van der Waals surface area contributed by atoms with E-state index in [1.165, 1.54) is 23.7 Å². The van der Waals surface area contributed by atoms with E-state index in [9.17, 15) is 4.79 Å². The van der Waals surface area contributed by atoms with E-state index in [1.807, 2.05) is 13.1 Å². The van der Waals surface area contributed by atoms with Crippen molar-refractivity contribution < 1.29 is 4.79 Å². The summed E-state index contributed by atoms with van der Waals surface area (Å²) in [5, 5.41) is 12.1. The van der Waals surface area contributed by atoms with Crippen LogP contribution in [0.4, 0.5) is 0 Å². The lowest BCUT2D eigenvalue weighted by molar-refractivity contribution is -0.134. The van der Waals surface area contributed by atoms with Crippen LogP contribution in [0.1, 0.15) is 31.2 Å².